The Morgan fingerprint density at radius 2 is 2.21 bits per heavy atom. The highest BCUT2D eigenvalue weighted by Crippen LogP contribution is 2.32. The van der Waals surface area contributed by atoms with Gasteiger partial charge in [-0.25, -0.2) is 8.42 Å². The van der Waals surface area contributed by atoms with Crippen molar-refractivity contribution in [1.82, 2.24) is 0 Å². The Morgan fingerprint density at radius 1 is 1.47 bits per heavy atom. The van der Waals surface area contributed by atoms with Gasteiger partial charge in [0.2, 0.25) is 0 Å². The average molecular weight is 284 g/mol. The van der Waals surface area contributed by atoms with Crippen LogP contribution in [0, 0.1) is 0 Å². The Labute approximate surface area is 114 Å². The van der Waals surface area contributed by atoms with Gasteiger partial charge in [-0.15, -0.1) is 0 Å². The van der Waals surface area contributed by atoms with Crippen LogP contribution in [0.2, 0.25) is 0 Å². The van der Waals surface area contributed by atoms with E-state index in [1.807, 2.05) is 6.07 Å². The molecule has 0 amide bonds. The standard InChI is InChI=1S/C13H20N2O3S/c1-3-10-9-18-8-7-15(10)11-5-4-6-12(13(11)14)19(2,16)17/h4-6,10H,3,7-9,14H2,1-2H3. The van der Waals surface area contributed by atoms with Gasteiger partial charge in [-0.3, -0.25) is 0 Å². The molecular formula is C13H20N2O3S. The van der Waals surface area contributed by atoms with Crippen molar-refractivity contribution in [3.63, 3.8) is 0 Å². The van der Waals surface area contributed by atoms with E-state index in [0.717, 1.165) is 18.7 Å². The smallest absolute Gasteiger partial charge is 0.177 e. The van der Waals surface area contributed by atoms with Crippen molar-refractivity contribution in [3.05, 3.63) is 18.2 Å². The lowest BCUT2D eigenvalue weighted by atomic mass is 10.1. The number of morpholine rings is 1. The molecule has 1 fully saturated rings. The third kappa shape index (κ3) is 2.84. The zero-order valence-electron chi connectivity index (χ0n) is 11.3. The maximum Gasteiger partial charge on any atom is 0.177 e. The molecule has 0 aromatic heterocycles. The summed E-state index contributed by atoms with van der Waals surface area (Å²) < 4.78 is 28.9. The average Bonchev–Trinajstić information content (AvgIpc) is 2.37. The predicted molar refractivity (Wildman–Crippen MR) is 76.2 cm³/mol. The molecule has 19 heavy (non-hydrogen) atoms. The first-order valence-corrected chi connectivity index (χ1v) is 8.27. The number of sulfone groups is 1. The SMILES string of the molecule is CCC1COCCN1c1cccc(S(C)(=O)=O)c1N. The fourth-order valence-electron chi connectivity index (χ4n) is 2.42. The summed E-state index contributed by atoms with van der Waals surface area (Å²) in [4.78, 5) is 2.35. The van der Waals surface area contributed by atoms with Crippen LogP contribution in [0.1, 0.15) is 13.3 Å². The van der Waals surface area contributed by atoms with Gasteiger partial charge in [0.15, 0.2) is 9.84 Å². The minimum absolute atomic E-state index is 0.200. The normalized spacial score (nSPS) is 20.5. The van der Waals surface area contributed by atoms with Crippen LogP contribution in [0.4, 0.5) is 11.4 Å². The van der Waals surface area contributed by atoms with E-state index in [4.69, 9.17) is 10.5 Å². The lowest BCUT2D eigenvalue weighted by molar-refractivity contribution is 0.0930. The fourth-order valence-corrected chi connectivity index (χ4v) is 3.25. The first-order chi connectivity index (χ1) is 8.95. The number of benzene rings is 1. The molecule has 5 nitrogen and oxygen atoms in total. The molecule has 1 aromatic carbocycles. The number of rotatable bonds is 3. The van der Waals surface area contributed by atoms with Crippen molar-refractivity contribution < 1.29 is 13.2 Å². The number of anilines is 2. The Kier molecular flexibility index (Phi) is 4.01. The molecule has 106 valence electrons. The maximum atomic E-state index is 11.7. The number of nitrogens with zero attached hydrogens (tertiary/aromatic N) is 1. The molecule has 1 aliphatic heterocycles. The number of hydrogen-bond acceptors (Lipinski definition) is 5. The number of ether oxygens (including phenoxy) is 1. The van der Waals surface area contributed by atoms with Crippen LogP contribution in [0.3, 0.4) is 0 Å². The zero-order chi connectivity index (χ0) is 14.0. The number of nitrogen functional groups attached to an aromatic ring is 1. The van der Waals surface area contributed by atoms with Gasteiger partial charge < -0.3 is 15.4 Å². The van der Waals surface area contributed by atoms with E-state index in [1.54, 1.807) is 12.1 Å². The molecule has 1 atom stereocenters. The Morgan fingerprint density at radius 3 is 2.84 bits per heavy atom. The second-order valence-electron chi connectivity index (χ2n) is 4.79. The van der Waals surface area contributed by atoms with Crippen LogP contribution in [0.15, 0.2) is 23.1 Å². The molecular weight excluding hydrogens is 264 g/mol. The lowest BCUT2D eigenvalue weighted by Gasteiger charge is -2.37. The molecule has 0 aliphatic carbocycles. The van der Waals surface area contributed by atoms with Gasteiger partial charge in [-0.2, -0.15) is 0 Å². The summed E-state index contributed by atoms with van der Waals surface area (Å²) in [7, 11) is -3.30. The second-order valence-corrected chi connectivity index (χ2v) is 6.78. The van der Waals surface area contributed by atoms with Crippen LogP contribution >= 0.6 is 0 Å². The Hall–Kier alpha value is -1.27. The van der Waals surface area contributed by atoms with Crippen molar-refractivity contribution in [3.8, 4) is 0 Å². The van der Waals surface area contributed by atoms with Crippen molar-refractivity contribution in [2.45, 2.75) is 24.3 Å². The molecule has 1 unspecified atom stereocenters. The van der Waals surface area contributed by atoms with Gasteiger partial charge in [0, 0.05) is 12.8 Å². The van der Waals surface area contributed by atoms with Crippen molar-refractivity contribution >= 4 is 21.2 Å². The highest BCUT2D eigenvalue weighted by Gasteiger charge is 2.25. The monoisotopic (exact) mass is 284 g/mol. The molecule has 1 aliphatic rings. The first kappa shape index (κ1) is 14.1. The minimum atomic E-state index is -3.30. The number of para-hydroxylation sites is 1. The summed E-state index contributed by atoms with van der Waals surface area (Å²) in [5.41, 5.74) is 7.18. The molecule has 2 N–H and O–H groups in total. The van der Waals surface area contributed by atoms with E-state index >= 15 is 0 Å². The van der Waals surface area contributed by atoms with Crippen LogP contribution in [0.5, 0.6) is 0 Å². The van der Waals surface area contributed by atoms with E-state index < -0.39 is 9.84 Å². The van der Waals surface area contributed by atoms with Gasteiger partial charge >= 0.3 is 0 Å². The van der Waals surface area contributed by atoms with Crippen LogP contribution < -0.4 is 10.6 Å². The second kappa shape index (κ2) is 5.38. The summed E-state index contributed by atoms with van der Waals surface area (Å²) in [6.45, 7) is 4.11. The predicted octanol–water partition coefficient (Wildman–Crippen LogP) is 1.29. The molecule has 0 saturated carbocycles. The van der Waals surface area contributed by atoms with Crippen molar-refractivity contribution in [2.75, 3.05) is 36.6 Å². The summed E-state index contributed by atoms with van der Waals surface area (Å²) >= 11 is 0. The van der Waals surface area contributed by atoms with Gasteiger partial charge in [0.25, 0.3) is 0 Å². The molecule has 0 spiro atoms. The minimum Gasteiger partial charge on any atom is -0.396 e. The largest absolute Gasteiger partial charge is 0.396 e. The summed E-state index contributed by atoms with van der Waals surface area (Å²) in [5.74, 6) is 0. The van der Waals surface area contributed by atoms with Gasteiger partial charge in [-0.05, 0) is 18.6 Å². The Balaban J connectivity index is 2.45. The van der Waals surface area contributed by atoms with E-state index in [2.05, 4.69) is 11.8 Å². The molecule has 2 rings (SSSR count). The molecule has 1 heterocycles. The van der Waals surface area contributed by atoms with Gasteiger partial charge in [0.1, 0.15) is 0 Å². The highest BCUT2D eigenvalue weighted by atomic mass is 32.2. The quantitative estimate of drug-likeness (QED) is 0.847. The maximum absolute atomic E-state index is 11.7. The van der Waals surface area contributed by atoms with Crippen molar-refractivity contribution in [1.29, 1.82) is 0 Å². The van der Waals surface area contributed by atoms with Gasteiger partial charge in [-0.1, -0.05) is 13.0 Å². The number of nitrogens with two attached hydrogens (primary N) is 1. The topological polar surface area (TPSA) is 72.6 Å². The van der Waals surface area contributed by atoms with Crippen LogP contribution in [0.25, 0.3) is 0 Å². The lowest BCUT2D eigenvalue weighted by Crippen LogP contribution is -2.45. The highest BCUT2D eigenvalue weighted by molar-refractivity contribution is 7.90. The van der Waals surface area contributed by atoms with E-state index in [1.165, 1.54) is 6.26 Å². The fraction of sp³-hybridized carbons (Fsp3) is 0.538. The first-order valence-electron chi connectivity index (χ1n) is 6.38. The number of hydrogen-bond donors (Lipinski definition) is 1. The van der Waals surface area contributed by atoms with Crippen LogP contribution in [-0.2, 0) is 14.6 Å². The summed E-state index contributed by atoms with van der Waals surface area (Å²) in [5, 5.41) is 0. The zero-order valence-corrected chi connectivity index (χ0v) is 12.1. The van der Waals surface area contributed by atoms with Gasteiger partial charge in [0.05, 0.1) is 35.5 Å². The third-order valence-corrected chi connectivity index (χ3v) is 4.61. The summed E-state index contributed by atoms with van der Waals surface area (Å²) in [6, 6.07) is 5.41. The molecule has 1 saturated heterocycles. The molecule has 0 radical (unpaired) electrons. The van der Waals surface area contributed by atoms with Crippen molar-refractivity contribution in [2.24, 2.45) is 0 Å². The van der Waals surface area contributed by atoms with E-state index in [0.29, 0.717) is 18.9 Å². The van der Waals surface area contributed by atoms with Crippen LogP contribution in [-0.4, -0.2) is 40.5 Å². The van der Waals surface area contributed by atoms with E-state index in [-0.39, 0.29) is 10.9 Å². The third-order valence-electron chi connectivity index (χ3n) is 3.45. The summed E-state index contributed by atoms with van der Waals surface area (Å²) in [6.07, 6.45) is 2.11. The Bertz CT molecular complexity index is 557. The molecule has 1 aromatic rings. The van der Waals surface area contributed by atoms with E-state index in [9.17, 15) is 8.42 Å². The molecule has 0 bridgehead atoms. The molecule has 6 heteroatoms.